The van der Waals surface area contributed by atoms with E-state index in [2.05, 4.69) is 15.6 Å². The number of fused-ring (bicyclic) bond motifs is 1. The zero-order valence-electron chi connectivity index (χ0n) is 9.74. The van der Waals surface area contributed by atoms with Crippen LogP contribution in [0.5, 0.6) is 0 Å². The minimum Gasteiger partial charge on any atom is -0.341 e. The predicted octanol–water partition coefficient (Wildman–Crippen LogP) is 2.96. The SMILES string of the molecule is N#Cc1ccc2c(ccn2Cc2ccccn2)c1. The molecule has 2 aromatic heterocycles. The quantitative estimate of drug-likeness (QED) is 0.682. The van der Waals surface area contributed by atoms with Crippen LogP contribution >= 0.6 is 0 Å². The summed E-state index contributed by atoms with van der Waals surface area (Å²) in [4.78, 5) is 4.32. The Labute approximate surface area is 105 Å². The number of hydrogen-bond donors (Lipinski definition) is 0. The van der Waals surface area contributed by atoms with E-state index < -0.39 is 0 Å². The molecule has 0 aliphatic carbocycles. The van der Waals surface area contributed by atoms with Crippen LogP contribution in [0.3, 0.4) is 0 Å². The normalized spacial score (nSPS) is 10.4. The second-order valence-electron chi connectivity index (χ2n) is 4.15. The van der Waals surface area contributed by atoms with E-state index in [9.17, 15) is 0 Å². The Morgan fingerprint density at radius 2 is 2.11 bits per heavy atom. The molecule has 0 saturated heterocycles. The molecule has 0 atom stereocenters. The molecule has 86 valence electrons. The molecule has 0 aliphatic heterocycles. The molecular formula is C15H11N3. The van der Waals surface area contributed by atoms with E-state index in [1.165, 1.54) is 0 Å². The molecule has 3 heteroatoms. The number of aromatic nitrogens is 2. The smallest absolute Gasteiger partial charge is 0.0991 e. The standard InChI is InChI=1S/C15H11N3/c16-10-12-4-5-15-13(9-12)6-8-18(15)11-14-3-1-2-7-17-14/h1-9H,11H2. The molecule has 0 saturated carbocycles. The first-order valence-electron chi connectivity index (χ1n) is 5.76. The Balaban J connectivity index is 2.01. The van der Waals surface area contributed by atoms with Gasteiger partial charge in [-0.15, -0.1) is 0 Å². The molecule has 0 spiro atoms. The fourth-order valence-electron chi connectivity index (χ4n) is 2.07. The van der Waals surface area contributed by atoms with Gasteiger partial charge in [0.15, 0.2) is 0 Å². The Morgan fingerprint density at radius 3 is 2.89 bits per heavy atom. The summed E-state index contributed by atoms with van der Waals surface area (Å²) in [6.45, 7) is 0.746. The van der Waals surface area contributed by atoms with Crippen molar-refractivity contribution in [3.63, 3.8) is 0 Å². The topological polar surface area (TPSA) is 41.6 Å². The second kappa shape index (κ2) is 4.34. The summed E-state index contributed by atoms with van der Waals surface area (Å²) in [6.07, 6.45) is 3.83. The molecule has 0 fully saturated rings. The first-order chi connectivity index (χ1) is 8.86. The van der Waals surface area contributed by atoms with Crippen molar-refractivity contribution in [1.82, 2.24) is 9.55 Å². The van der Waals surface area contributed by atoms with Crippen LogP contribution in [-0.2, 0) is 6.54 Å². The first kappa shape index (κ1) is 10.5. The number of nitrogens with zero attached hydrogens (tertiary/aromatic N) is 3. The molecule has 0 aliphatic rings. The lowest BCUT2D eigenvalue weighted by Crippen LogP contribution is -1.99. The highest BCUT2D eigenvalue weighted by atomic mass is 15.0. The molecular weight excluding hydrogens is 222 g/mol. The summed E-state index contributed by atoms with van der Waals surface area (Å²) in [5.41, 5.74) is 2.84. The number of pyridine rings is 1. The average molecular weight is 233 g/mol. The largest absolute Gasteiger partial charge is 0.341 e. The van der Waals surface area contributed by atoms with E-state index in [0.29, 0.717) is 5.56 Å². The predicted molar refractivity (Wildman–Crippen MR) is 70.0 cm³/mol. The van der Waals surface area contributed by atoms with Crippen LogP contribution in [-0.4, -0.2) is 9.55 Å². The molecule has 0 unspecified atom stereocenters. The van der Waals surface area contributed by atoms with E-state index in [-0.39, 0.29) is 0 Å². The maximum Gasteiger partial charge on any atom is 0.0991 e. The van der Waals surface area contributed by atoms with Crippen LogP contribution in [0, 0.1) is 11.3 Å². The van der Waals surface area contributed by atoms with Gasteiger partial charge in [0.2, 0.25) is 0 Å². The van der Waals surface area contributed by atoms with Crippen LogP contribution in [0.2, 0.25) is 0 Å². The van der Waals surface area contributed by atoms with Gasteiger partial charge in [-0.1, -0.05) is 6.07 Å². The third-order valence-corrected chi connectivity index (χ3v) is 2.96. The van der Waals surface area contributed by atoms with Crippen LogP contribution in [0.1, 0.15) is 11.3 Å². The van der Waals surface area contributed by atoms with Crippen LogP contribution in [0.25, 0.3) is 10.9 Å². The molecule has 0 N–H and O–H groups in total. The van der Waals surface area contributed by atoms with E-state index in [4.69, 9.17) is 5.26 Å². The summed E-state index contributed by atoms with van der Waals surface area (Å²) < 4.78 is 2.14. The summed E-state index contributed by atoms with van der Waals surface area (Å²) in [7, 11) is 0. The second-order valence-corrected chi connectivity index (χ2v) is 4.15. The van der Waals surface area contributed by atoms with Gasteiger partial charge in [0, 0.05) is 23.3 Å². The molecule has 3 nitrogen and oxygen atoms in total. The fraction of sp³-hybridized carbons (Fsp3) is 0.0667. The van der Waals surface area contributed by atoms with Gasteiger partial charge in [-0.3, -0.25) is 4.98 Å². The van der Waals surface area contributed by atoms with Gasteiger partial charge >= 0.3 is 0 Å². The molecule has 2 heterocycles. The molecule has 3 rings (SSSR count). The van der Waals surface area contributed by atoms with E-state index in [1.54, 1.807) is 6.20 Å². The van der Waals surface area contributed by atoms with Crippen molar-refractivity contribution in [1.29, 1.82) is 5.26 Å². The minimum atomic E-state index is 0.693. The Hall–Kier alpha value is -2.60. The van der Waals surface area contributed by atoms with Crippen molar-refractivity contribution >= 4 is 10.9 Å². The van der Waals surface area contributed by atoms with Crippen LogP contribution in [0.15, 0.2) is 54.9 Å². The Kier molecular flexibility index (Phi) is 2.54. The number of rotatable bonds is 2. The minimum absolute atomic E-state index is 0.693. The lowest BCUT2D eigenvalue weighted by Gasteiger charge is -2.04. The van der Waals surface area contributed by atoms with Gasteiger partial charge in [0.1, 0.15) is 0 Å². The van der Waals surface area contributed by atoms with Crippen molar-refractivity contribution in [3.05, 3.63) is 66.1 Å². The molecule has 3 aromatic rings. The molecule has 18 heavy (non-hydrogen) atoms. The average Bonchev–Trinajstić information content (AvgIpc) is 2.82. The van der Waals surface area contributed by atoms with E-state index in [0.717, 1.165) is 23.1 Å². The van der Waals surface area contributed by atoms with Crippen molar-refractivity contribution < 1.29 is 0 Å². The lowest BCUT2D eigenvalue weighted by atomic mass is 10.2. The summed E-state index contributed by atoms with van der Waals surface area (Å²) in [5.74, 6) is 0. The van der Waals surface area contributed by atoms with Crippen molar-refractivity contribution in [2.45, 2.75) is 6.54 Å². The maximum atomic E-state index is 8.87. The molecule has 1 aromatic carbocycles. The fourth-order valence-corrected chi connectivity index (χ4v) is 2.07. The van der Waals surface area contributed by atoms with Crippen molar-refractivity contribution in [2.24, 2.45) is 0 Å². The number of hydrogen-bond acceptors (Lipinski definition) is 2. The third-order valence-electron chi connectivity index (χ3n) is 2.96. The first-order valence-corrected chi connectivity index (χ1v) is 5.76. The van der Waals surface area contributed by atoms with Crippen molar-refractivity contribution in [3.8, 4) is 6.07 Å². The zero-order valence-corrected chi connectivity index (χ0v) is 9.74. The highest BCUT2D eigenvalue weighted by molar-refractivity contribution is 5.81. The van der Waals surface area contributed by atoms with Crippen molar-refractivity contribution in [2.75, 3.05) is 0 Å². The van der Waals surface area contributed by atoms with Gasteiger partial charge in [0.25, 0.3) is 0 Å². The van der Waals surface area contributed by atoms with Gasteiger partial charge in [0.05, 0.1) is 23.9 Å². The van der Waals surface area contributed by atoms with Gasteiger partial charge in [-0.25, -0.2) is 0 Å². The lowest BCUT2D eigenvalue weighted by molar-refractivity contribution is 0.807. The van der Waals surface area contributed by atoms with Gasteiger partial charge < -0.3 is 4.57 Å². The maximum absolute atomic E-state index is 8.87. The molecule has 0 amide bonds. The zero-order chi connectivity index (χ0) is 12.4. The monoisotopic (exact) mass is 233 g/mol. The highest BCUT2D eigenvalue weighted by Crippen LogP contribution is 2.18. The number of nitriles is 1. The summed E-state index contributed by atoms with van der Waals surface area (Å²) in [6, 6.07) is 15.8. The Bertz CT molecular complexity index is 720. The van der Waals surface area contributed by atoms with E-state index in [1.807, 2.05) is 48.7 Å². The Morgan fingerprint density at radius 1 is 1.17 bits per heavy atom. The molecule has 0 bridgehead atoms. The van der Waals surface area contributed by atoms with Crippen LogP contribution in [0.4, 0.5) is 0 Å². The highest BCUT2D eigenvalue weighted by Gasteiger charge is 2.03. The number of benzene rings is 1. The van der Waals surface area contributed by atoms with E-state index >= 15 is 0 Å². The van der Waals surface area contributed by atoms with Gasteiger partial charge in [-0.05, 0) is 36.4 Å². The molecule has 0 radical (unpaired) electrons. The van der Waals surface area contributed by atoms with Crippen LogP contribution < -0.4 is 0 Å². The summed E-state index contributed by atoms with van der Waals surface area (Å²) in [5, 5.41) is 9.96. The van der Waals surface area contributed by atoms with Gasteiger partial charge in [-0.2, -0.15) is 5.26 Å². The third kappa shape index (κ3) is 1.85. The summed E-state index contributed by atoms with van der Waals surface area (Å²) >= 11 is 0.